The van der Waals surface area contributed by atoms with E-state index in [2.05, 4.69) is 9.97 Å². The molecule has 5 rings (SSSR count). The Balaban J connectivity index is 1.94. The first kappa shape index (κ1) is 17.5. The highest BCUT2D eigenvalue weighted by atomic mass is 35.5. The number of H-pyrrole nitrogens is 1. The molecule has 1 N–H and O–H groups in total. The van der Waals surface area contributed by atoms with Crippen molar-refractivity contribution in [2.75, 3.05) is 0 Å². The highest BCUT2D eigenvalue weighted by Gasteiger charge is 2.20. The zero-order valence-corrected chi connectivity index (χ0v) is 16.4. The van der Waals surface area contributed by atoms with Crippen molar-refractivity contribution in [2.24, 2.45) is 7.05 Å². The van der Waals surface area contributed by atoms with E-state index >= 15 is 0 Å². The molecule has 0 aliphatic heterocycles. The first-order valence-electron chi connectivity index (χ1n) is 9.00. The first-order chi connectivity index (χ1) is 13.9. The van der Waals surface area contributed by atoms with Crippen LogP contribution >= 0.6 is 11.6 Å². The zero-order valence-electron chi connectivity index (χ0n) is 15.7. The highest BCUT2D eigenvalue weighted by Crippen LogP contribution is 2.29. The van der Waals surface area contributed by atoms with Gasteiger partial charge in [0.15, 0.2) is 11.2 Å². The molecule has 0 atom stereocenters. The maximum absolute atomic E-state index is 12.6. The van der Waals surface area contributed by atoms with E-state index in [0.717, 1.165) is 22.5 Å². The number of nitrogens with zero attached hydrogens (tertiary/aromatic N) is 4. The predicted octanol–water partition coefficient (Wildman–Crippen LogP) is 3.29. The van der Waals surface area contributed by atoms with Crippen molar-refractivity contribution < 1.29 is 0 Å². The van der Waals surface area contributed by atoms with Crippen LogP contribution in [0.5, 0.6) is 0 Å². The summed E-state index contributed by atoms with van der Waals surface area (Å²) in [5.74, 6) is 0.542. The van der Waals surface area contributed by atoms with E-state index in [1.54, 1.807) is 11.4 Å². The topological polar surface area (TPSA) is 77.1 Å². The van der Waals surface area contributed by atoms with Gasteiger partial charge in [0.25, 0.3) is 5.56 Å². The second-order valence-electron chi connectivity index (χ2n) is 6.96. The maximum atomic E-state index is 12.6. The fraction of sp³-hybridized carbons (Fsp3) is 0.0952. The van der Waals surface area contributed by atoms with Gasteiger partial charge in [0.05, 0.1) is 5.69 Å². The Kier molecular flexibility index (Phi) is 3.75. The number of rotatable bonds is 2. The Morgan fingerprint density at radius 3 is 2.38 bits per heavy atom. The van der Waals surface area contributed by atoms with Gasteiger partial charge in [-0.3, -0.25) is 23.3 Å². The van der Waals surface area contributed by atoms with Crippen molar-refractivity contribution in [3.05, 3.63) is 86.2 Å². The molecular weight excluding hydrogens is 390 g/mol. The Morgan fingerprint density at radius 1 is 1.00 bits per heavy atom. The molecule has 8 heteroatoms. The van der Waals surface area contributed by atoms with Crippen LogP contribution in [0.15, 0.2) is 64.3 Å². The van der Waals surface area contributed by atoms with Crippen LogP contribution < -0.4 is 11.2 Å². The fourth-order valence-corrected chi connectivity index (χ4v) is 3.66. The molecule has 3 heterocycles. The quantitative estimate of drug-likeness (QED) is 0.489. The van der Waals surface area contributed by atoms with Crippen LogP contribution in [0.2, 0.25) is 5.02 Å². The Bertz CT molecular complexity index is 1500. The molecule has 3 aromatic heterocycles. The number of aryl methyl sites for hydroxylation is 2. The van der Waals surface area contributed by atoms with Crippen LogP contribution in [-0.4, -0.2) is 23.5 Å². The Labute approximate surface area is 169 Å². The third-order valence-electron chi connectivity index (χ3n) is 5.06. The highest BCUT2D eigenvalue weighted by molar-refractivity contribution is 6.30. The molecule has 0 aliphatic rings. The number of imidazole rings is 2. The van der Waals surface area contributed by atoms with E-state index in [1.165, 1.54) is 4.57 Å². The number of aromatic nitrogens is 5. The molecule has 0 spiro atoms. The van der Waals surface area contributed by atoms with Gasteiger partial charge in [-0.15, -0.1) is 0 Å². The predicted molar refractivity (Wildman–Crippen MR) is 113 cm³/mol. The van der Waals surface area contributed by atoms with Crippen molar-refractivity contribution in [3.8, 4) is 16.9 Å². The van der Waals surface area contributed by atoms with Crippen molar-refractivity contribution in [1.82, 2.24) is 23.5 Å². The minimum atomic E-state index is -0.497. The molecule has 0 unspecified atom stereocenters. The molecule has 0 amide bonds. The van der Waals surface area contributed by atoms with Gasteiger partial charge in [-0.2, -0.15) is 4.98 Å². The molecule has 0 aliphatic carbocycles. The minimum absolute atomic E-state index is 0.322. The summed E-state index contributed by atoms with van der Waals surface area (Å²) >= 11 is 6.06. The van der Waals surface area contributed by atoms with E-state index in [9.17, 15) is 9.59 Å². The molecule has 0 fully saturated rings. The lowest BCUT2D eigenvalue weighted by Crippen LogP contribution is -2.28. The summed E-state index contributed by atoms with van der Waals surface area (Å²) in [7, 11) is 1.59. The van der Waals surface area contributed by atoms with Gasteiger partial charge in [-0.1, -0.05) is 41.4 Å². The van der Waals surface area contributed by atoms with Crippen LogP contribution in [0.1, 0.15) is 5.56 Å². The molecule has 0 saturated heterocycles. The lowest BCUT2D eigenvalue weighted by molar-refractivity contribution is 0.831. The Morgan fingerprint density at radius 2 is 1.69 bits per heavy atom. The molecule has 0 saturated carbocycles. The van der Waals surface area contributed by atoms with Crippen molar-refractivity contribution >= 4 is 28.5 Å². The third-order valence-corrected chi connectivity index (χ3v) is 5.31. The van der Waals surface area contributed by atoms with E-state index in [-0.39, 0.29) is 0 Å². The number of hydrogen-bond donors (Lipinski definition) is 1. The van der Waals surface area contributed by atoms with Gasteiger partial charge < -0.3 is 0 Å². The fourth-order valence-electron chi connectivity index (χ4n) is 3.53. The number of nitrogens with one attached hydrogen (secondary N) is 1. The van der Waals surface area contributed by atoms with Crippen LogP contribution in [0.4, 0.5) is 0 Å². The normalized spacial score (nSPS) is 11.6. The zero-order chi connectivity index (χ0) is 20.3. The third kappa shape index (κ3) is 2.62. The summed E-state index contributed by atoms with van der Waals surface area (Å²) in [6.45, 7) is 2.02. The smallest absolute Gasteiger partial charge is 0.279 e. The molecule has 2 aromatic carbocycles. The minimum Gasteiger partial charge on any atom is -0.279 e. The first-order valence-corrected chi connectivity index (χ1v) is 9.37. The van der Waals surface area contributed by atoms with E-state index in [0.29, 0.717) is 22.0 Å². The van der Waals surface area contributed by atoms with Gasteiger partial charge in [0, 0.05) is 29.5 Å². The number of fused-ring (bicyclic) bond motifs is 3. The lowest BCUT2D eigenvalue weighted by Gasteiger charge is -2.09. The average Bonchev–Trinajstić information content (AvgIpc) is 3.24. The standard InChI is InChI=1S/C21H16ClN5O2/c1-12-3-9-15(10-4-12)27-16(13-5-7-14(22)8-6-13)11-26-17-18(23-20(26)27)25(2)21(29)24-19(17)28/h3-11H,1-2H3,(H,24,28,29). The summed E-state index contributed by atoms with van der Waals surface area (Å²) in [6.07, 6.45) is 1.85. The lowest BCUT2D eigenvalue weighted by atomic mass is 10.1. The summed E-state index contributed by atoms with van der Waals surface area (Å²) in [5, 5.41) is 0.642. The SMILES string of the molecule is Cc1ccc(-n2c(-c3ccc(Cl)cc3)cn3c4c(=O)[nH]c(=O)n(C)c4nc23)cc1. The maximum Gasteiger partial charge on any atom is 0.329 e. The number of benzene rings is 2. The second-order valence-corrected chi connectivity index (χ2v) is 7.40. The van der Waals surface area contributed by atoms with Gasteiger partial charge >= 0.3 is 5.69 Å². The molecule has 5 aromatic rings. The largest absolute Gasteiger partial charge is 0.329 e. The molecular formula is C21H16ClN5O2. The summed E-state index contributed by atoms with van der Waals surface area (Å²) in [6, 6.07) is 15.5. The summed E-state index contributed by atoms with van der Waals surface area (Å²) in [4.78, 5) is 31.5. The van der Waals surface area contributed by atoms with Gasteiger partial charge in [0.1, 0.15) is 0 Å². The van der Waals surface area contributed by atoms with Gasteiger partial charge in [-0.05, 0) is 31.2 Å². The number of aromatic amines is 1. The summed E-state index contributed by atoms with van der Waals surface area (Å²) in [5.41, 5.74) is 3.49. The van der Waals surface area contributed by atoms with E-state index < -0.39 is 11.2 Å². The number of halogens is 1. The summed E-state index contributed by atoms with van der Waals surface area (Å²) < 4.78 is 5.02. The Hall–Kier alpha value is -3.58. The number of hydrogen-bond acceptors (Lipinski definition) is 3. The van der Waals surface area contributed by atoms with Crippen molar-refractivity contribution in [2.45, 2.75) is 6.92 Å². The van der Waals surface area contributed by atoms with Crippen LogP contribution in [0.25, 0.3) is 33.9 Å². The van der Waals surface area contributed by atoms with Crippen LogP contribution in [0, 0.1) is 6.92 Å². The van der Waals surface area contributed by atoms with Gasteiger partial charge in [-0.25, -0.2) is 4.79 Å². The monoisotopic (exact) mass is 405 g/mol. The van der Waals surface area contributed by atoms with Crippen LogP contribution in [0.3, 0.4) is 0 Å². The molecule has 0 bridgehead atoms. The molecule has 29 heavy (non-hydrogen) atoms. The molecule has 0 radical (unpaired) electrons. The van der Waals surface area contributed by atoms with Crippen LogP contribution in [-0.2, 0) is 7.05 Å². The van der Waals surface area contributed by atoms with Gasteiger partial charge in [0.2, 0.25) is 5.78 Å². The second kappa shape index (κ2) is 6.22. The van der Waals surface area contributed by atoms with Crippen molar-refractivity contribution in [3.63, 3.8) is 0 Å². The van der Waals surface area contributed by atoms with E-state index in [4.69, 9.17) is 11.6 Å². The molecule has 144 valence electrons. The molecule has 7 nitrogen and oxygen atoms in total. The van der Waals surface area contributed by atoms with E-state index in [1.807, 2.05) is 66.2 Å². The average molecular weight is 406 g/mol. The van der Waals surface area contributed by atoms with Crippen molar-refractivity contribution in [1.29, 1.82) is 0 Å².